The number of halogens is 3. The van der Waals surface area contributed by atoms with Crippen LogP contribution < -0.4 is 15.8 Å². The Kier molecular flexibility index (Phi) is 4.45. The van der Waals surface area contributed by atoms with E-state index in [0.29, 0.717) is 16.4 Å². The summed E-state index contributed by atoms with van der Waals surface area (Å²) in [6, 6.07) is 5.93. The molecular formula is C16H14F3N2O2P. The largest absolute Gasteiger partial charge is 0.468 e. The second-order valence-electron chi connectivity index (χ2n) is 5.47. The van der Waals surface area contributed by atoms with Gasteiger partial charge in [-0.25, -0.2) is 18.2 Å². The Morgan fingerprint density at radius 2 is 2.08 bits per heavy atom. The Hall–Kier alpha value is -2.14. The summed E-state index contributed by atoms with van der Waals surface area (Å²) >= 11 is 0. The first-order valence-electron chi connectivity index (χ1n) is 7.20. The van der Waals surface area contributed by atoms with Gasteiger partial charge in [-0.2, -0.15) is 0 Å². The lowest BCUT2D eigenvalue weighted by Gasteiger charge is -2.26. The van der Waals surface area contributed by atoms with Crippen molar-refractivity contribution in [2.24, 2.45) is 5.73 Å². The summed E-state index contributed by atoms with van der Waals surface area (Å²) in [6.45, 7) is 0. The van der Waals surface area contributed by atoms with Crippen LogP contribution in [0.3, 0.4) is 0 Å². The molecule has 1 aromatic carbocycles. The van der Waals surface area contributed by atoms with Gasteiger partial charge in [-0.05, 0) is 35.8 Å². The van der Waals surface area contributed by atoms with Crippen LogP contribution in [0.15, 0.2) is 24.3 Å². The van der Waals surface area contributed by atoms with Gasteiger partial charge in [0.2, 0.25) is 5.88 Å². The molecule has 2 N–H and O–H groups in total. The minimum Gasteiger partial charge on any atom is -0.468 e. The van der Waals surface area contributed by atoms with Crippen LogP contribution in [0.25, 0.3) is 11.1 Å². The highest BCUT2D eigenvalue weighted by molar-refractivity contribution is 7.27. The second-order valence-corrected chi connectivity index (χ2v) is 6.14. The second kappa shape index (κ2) is 6.40. The molecule has 1 aliphatic rings. The quantitative estimate of drug-likeness (QED) is 0.861. The lowest BCUT2D eigenvalue weighted by molar-refractivity contribution is -0.00215. The average molecular weight is 354 g/mol. The van der Waals surface area contributed by atoms with E-state index in [2.05, 4.69) is 14.2 Å². The van der Waals surface area contributed by atoms with Crippen LogP contribution in [0.5, 0.6) is 5.88 Å². The Balaban J connectivity index is 2.17. The number of carbonyl (C=O) groups excluding carboxylic acids is 1. The van der Waals surface area contributed by atoms with Crippen LogP contribution in [0, 0.1) is 5.82 Å². The van der Waals surface area contributed by atoms with E-state index in [4.69, 9.17) is 10.5 Å². The number of amides is 1. The van der Waals surface area contributed by atoms with Gasteiger partial charge in [0.05, 0.1) is 0 Å². The van der Waals surface area contributed by atoms with Gasteiger partial charge in [0.25, 0.3) is 12.3 Å². The van der Waals surface area contributed by atoms with E-state index in [1.54, 1.807) is 12.1 Å². The van der Waals surface area contributed by atoms with Crippen LogP contribution in [0.1, 0.15) is 22.5 Å². The Morgan fingerprint density at radius 3 is 2.71 bits per heavy atom. The highest BCUT2D eigenvalue weighted by Gasteiger charge is 2.31. The molecule has 0 spiro atoms. The molecule has 2 aromatic rings. The molecule has 126 valence electrons. The Morgan fingerprint density at radius 1 is 1.33 bits per heavy atom. The SMILES string of the molecule is NC(=O)c1cc(-c2ccc(P)cc2F)c2c(n1)OC(C(F)F)CC2. The zero-order valence-electron chi connectivity index (χ0n) is 12.4. The van der Waals surface area contributed by atoms with Crippen molar-refractivity contribution in [3.05, 3.63) is 41.3 Å². The van der Waals surface area contributed by atoms with E-state index in [9.17, 15) is 18.0 Å². The van der Waals surface area contributed by atoms with Crippen LogP contribution in [-0.2, 0) is 6.42 Å². The third-order valence-corrected chi connectivity index (χ3v) is 4.20. The zero-order chi connectivity index (χ0) is 17.4. The standard InChI is InChI=1S/C16H14F3N2O2P/c17-11-5-7(24)1-2-8(11)10-6-12(15(20)22)21-16-9(10)3-4-13(23-16)14(18)19/h1-2,5-6,13-14H,3-4,24H2,(H2,20,22). The number of aromatic nitrogens is 1. The fourth-order valence-corrected chi connectivity index (χ4v) is 2.91. The number of primary amides is 1. The van der Waals surface area contributed by atoms with Crippen molar-refractivity contribution in [3.8, 4) is 17.0 Å². The third-order valence-electron chi connectivity index (χ3n) is 3.84. The molecule has 1 amide bonds. The van der Waals surface area contributed by atoms with Crippen molar-refractivity contribution >= 4 is 20.5 Å². The molecule has 4 nitrogen and oxygen atoms in total. The molecule has 0 aliphatic carbocycles. The monoisotopic (exact) mass is 354 g/mol. The number of benzene rings is 1. The summed E-state index contributed by atoms with van der Waals surface area (Å²) in [5.74, 6) is -1.43. The molecule has 2 heterocycles. The maximum Gasteiger partial charge on any atom is 0.274 e. The van der Waals surface area contributed by atoms with Gasteiger partial charge in [0.15, 0.2) is 6.10 Å². The van der Waals surface area contributed by atoms with E-state index in [1.165, 1.54) is 12.1 Å². The van der Waals surface area contributed by atoms with Crippen molar-refractivity contribution < 1.29 is 22.7 Å². The number of nitrogens with zero attached hydrogens (tertiary/aromatic N) is 1. The van der Waals surface area contributed by atoms with Crippen LogP contribution in [-0.4, -0.2) is 23.4 Å². The fraction of sp³-hybridized carbons (Fsp3) is 0.250. The van der Waals surface area contributed by atoms with E-state index >= 15 is 0 Å². The minimum absolute atomic E-state index is 0.0819. The first-order valence-corrected chi connectivity index (χ1v) is 7.78. The number of nitrogens with two attached hydrogens (primary N) is 1. The van der Waals surface area contributed by atoms with Gasteiger partial charge in [-0.3, -0.25) is 4.79 Å². The lowest BCUT2D eigenvalue weighted by atomic mass is 9.94. The van der Waals surface area contributed by atoms with Gasteiger partial charge in [-0.15, -0.1) is 9.24 Å². The Labute approximate surface area is 138 Å². The third kappa shape index (κ3) is 3.08. The number of hydrogen-bond donors (Lipinski definition) is 1. The molecule has 1 aromatic heterocycles. The number of fused-ring (bicyclic) bond motifs is 1. The summed E-state index contributed by atoms with van der Waals surface area (Å²) in [7, 11) is 2.38. The van der Waals surface area contributed by atoms with Gasteiger partial charge in [-0.1, -0.05) is 12.1 Å². The van der Waals surface area contributed by atoms with Gasteiger partial charge in [0, 0.05) is 11.1 Å². The lowest BCUT2D eigenvalue weighted by Crippen LogP contribution is -2.31. The van der Waals surface area contributed by atoms with Crippen LogP contribution in [0.4, 0.5) is 13.2 Å². The summed E-state index contributed by atoms with van der Waals surface area (Å²) in [4.78, 5) is 15.4. The van der Waals surface area contributed by atoms with Gasteiger partial charge >= 0.3 is 0 Å². The summed E-state index contributed by atoms with van der Waals surface area (Å²) in [6.07, 6.45) is -3.65. The molecule has 3 rings (SSSR count). The molecule has 0 saturated carbocycles. The molecule has 2 unspecified atom stereocenters. The minimum atomic E-state index is -2.67. The number of pyridine rings is 1. The van der Waals surface area contributed by atoms with E-state index in [-0.39, 0.29) is 30.0 Å². The van der Waals surface area contributed by atoms with E-state index < -0.39 is 24.3 Å². The molecular weight excluding hydrogens is 340 g/mol. The van der Waals surface area contributed by atoms with Gasteiger partial charge in [0.1, 0.15) is 11.5 Å². The van der Waals surface area contributed by atoms with Crippen molar-refractivity contribution in [2.75, 3.05) is 0 Å². The van der Waals surface area contributed by atoms with Crippen molar-refractivity contribution in [1.29, 1.82) is 0 Å². The zero-order valence-corrected chi connectivity index (χ0v) is 13.6. The van der Waals surface area contributed by atoms with Crippen LogP contribution in [0.2, 0.25) is 0 Å². The number of rotatable bonds is 3. The molecule has 8 heteroatoms. The molecule has 0 fully saturated rings. The topological polar surface area (TPSA) is 65.2 Å². The predicted octanol–water partition coefficient (Wildman–Crippen LogP) is 2.45. The number of carbonyl (C=O) groups is 1. The van der Waals surface area contributed by atoms with Crippen molar-refractivity contribution in [3.63, 3.8) is 0 Å². The average Bonchev–Trinajstić information content (AvgIpc) is 2.53. The fourth-order valence-electron chi connectivity index (χ4n) is 2.67. The maximum absolute atomic E-state index is 14.3. The Bertz CT molecular complexity index is 814. The molecule has 2 atom stereocenters. The first kappa shape index (κ1) is 16.7. The first-order chi connectivity index (χ1) is 11.4. The predicted molar refractivity (Wildman–Crippen MR) is 86.2 cm³/mol. The van der Waals surface area contributed by atoms with Crippen LogP contribution >= 0.6 is 9.24 Å². The number of hydrogen-bond acceptors (Lipinski definition) is 3. The number of alkyl halides is 2. The molecule has 0 saturated heterocycles. The molecule has 0 bridgehead atoms. The van der Waals surface area contributed by atoms with Crippen molar-refractivity contribution in [2.45, 2.75) is 25.4 Å². The summed E-state index contributed by atoms with van der Waals surface area (Å²) in [5, 5.41) is 0.656. The van der Waals surface area contributed by atoms with Gasteiger partial charge < -0.3 is 10.5 Å². The molecule has 0 radical (unpaired) electrons. The van der Waals surface area contributed by atoms with E-state index in [1.807, 2.05) is 0 Å². The smallest absolute Gasteiger partial charge is 0.274 e. The normalized spacial score (nSPS) is 16.6. The van der Waals surface area contributed by atoms with Crippen molar-refractivity contribution in [1.82, 2.24) is 4.98 Å². The summed E-state index contributed by atoms with van der Waals surface area (Å²) in [5.41, 5.74) is 6.20. The van der Waals surface area contributed by atoms with E-state index in [0.717, 1.165) is 0 Å². The number of ether oxygens (including phenoxy) is 1. The highest BCUT2D eigenvalue weighted by atomic mass is 31.0. The maximum atomic E-state index is 14.3. The molecule has 24 heavy (non-hydrogen) atoms. The molecule has 1 aliphatic heterocycles. The highest BCUT2D eigenvalue weighted by Crippen LogP contribution is 2.37. The summed E-state index contributed by atoms with van der Waals surface area (Å²) < 4.78 is 45.3.